The van der Waals surface area contributed by atoms with Crippen molar-refractivity contribution >= 4 is 15.8 Å². The van der Waals surface area contributed by atoms with Gasteiger partial charge in [0.05, 0.1) is 17.9 Å². The van der Waals surface area contributed by atoms with Crippen LogP contribution in [0.1, 0.15) is 35.7 Å². The molecule has 8 nitrogen and oxygen atoms in total. The lowest BCUT2D eigenvalue weighted by molar-refractivity contribution is 0.577. The maximum atomic E-state index is 12.7. The molecule has 0 saturated carbocycles. The molecule has 9 heteroatoms. The van der Waals surface area contributed by atoms with E-state index < -0.39 is 10.0 Å². The molecule has 136 valence electrons. The van der Waals surface area contributed by atoms with Gasteiger partial charge in [0.1, 0.15) is 16.5 Å². The lowest BCUT2D eigenvalue weighted by Crippen LogP contribution is -2.26. The zero-order chi connectivity index (χ0) is 18.2. The summed E-state index contributed by atoms with van der Waals surface area (Å²) in [7, 11) is -1.94. The monoisotopic (exact) mass is 364 g/mol. The maximum Gasteiger partial charge on any atom is 0.244 e. The molecule has 2 aromatic rings. The molecule has 3 heterocycles. The van der Waals surface area contributed by atoms with Gasteiger partial charge in [-0.2, -0.15) is 5.10 Å². The Kier molecular flexibility index (Phi) is 4.79. The van der Waals surface area contributed by atoms with Crippen LogP contribution in [0.3, 0.4) is 0 Å². The van der Waals surface area contributed by atoms with E-state index in [4.69, 9.17) is 0 Å². The van der Waals surface area contributed by atoms with E-state index >= 15 is 0 Å². The molecule has 0 aliphatic carbocycles. The lowest BCUT2D eigenvalue weighted by atomic mass is 10.4. The standard InChI is InChI=1S/C16H24N6O2S/c1-11-9-15(22-7-5-6-8-22)19-14(18-11)10-17-25(23,24)16-12(2)20-21(4)13(16)3/h9,17H,5-8,10H2,1-4H3. The molecule has 0 spiro atoms. The van der Waals surface area contributed by atoms with Crippen molar-refractivity contribution in [3.8, 4) is 0 Å². The highest BCUT2D eigenvalue weighted by Crippen LogP contribution is 2.20. The van der Waals surface area contributed by atoms with Gasteiger partial charge >= 0.3 is 0 Å². The molecule has 0 aromatic carbocycles. The van der Waals surface area contributed by atoms with Crippen molar-refractivity contribution in [2.75, 3.05) is 18.0 Å². The summed E-state index contributed by atoms with van der Waals surface area (Å²) >= 11 is 0. The van der Waals surface area contributed by atoms with Crippen molar-refractivity contribution in [3.63, 3.8) is 0 Å². The van der Waals surface area contributed by atoms with Gasteiger partial charge in [-0.15, -0.1) is 0 Å². The molecular weight excluding hydrogens is 340 g/mol. The molecule has 1 saturated heterocycles. The third kappa shape index (κ3) is 3.67. The van der Waals surface area contributed by atoms with Crippen molar-refractivity contribution in [2.24, 2.45) is 7.05 Å². The number of sulfonamides is 1. The number of anilines is 1. The molecular formula is C16H24N6O2S. The van der Waals surface area contributed by atoms with Crippen molar-refractivity contribution < 1.29 is 8.42 Å². The average molecular weight is 364 g/mol. The second-order valence-electron chi connectivity index (χ2n) is 6.43. The summed E-state index contributed by atoms with van der Waals surface area (Å²) in [5.41, 5.74) is 1.92. The first kappa shape index (κ1) is 17.8. The van der Waals surface area contributed by atoms with Crippen molar-refractivity contribution in [1.29, 1.82) is 0 Å². The molecule has 1 aliphatic heterocycles. The number of hydrogen-bond acceptors (Lipinski definition) is 6. The Labute approximate surface area is 148 Å². The molecule has 0 atom stereocenters. The zero-order valence-electron chi connectivity index (χ0n) is 15.1. The van der Waals surface area contributed by atoms with Crippen LogP contribution in [-0.2, 0) is 23.6 Å². The molecule has 0 bridgehead atoms. The zero-order valence-corrected chi connectivity index (χ0v) is 15.9. The third-order valence-corrected chi connectivity index (χ3v) is 6.10. The van der Waals surface area contributed by atoms with E-state index in [0.717, 1.165) is 37.4 Å². The smallest absolute Gasteiger partial charge is 0.244 e. The van der Waals surface area contributed by atoms with E-state index in [2.05, 4.69) is 24.7 Å². The Hall–Kier alpha value is -2.00. The predicted molar refractivity (Wildman–Crippen MR) is 94.9 cm³/mol. The molecule has 2 aromatic heterocycles. The van der Waals surface area contributed by atoms with Crippen LogP contribution in [0.4, 0.5) is 5.82 Å². The summed E-state index contributed by atoms with van der Waals surface area (Å²) < 4.78 is 29.5. The second-order valence-corrected chi connectivity index (χ2v) is 8.13. The van der Waals surface area contributed by atoms with Gasteiger partial charge in [0.25, 0.3) is 0 Å². The van der Waals surface area contributed by atoms with Crippen LogP contribution in [0.5, 0.6) is 0 Å². The number of nitrogens with zero attached hydrogens (tertiary/aromatic N) is 5. The number of aryl methyl sites for hydroxylation is 3. The highest BCUT2D eigenvalue weighted by molar-refractivity contribution is 7.89. The highest BCUT2D eigenvalue weighted by Gasteiger charge is 2.24. The topological polar surface area (TPSA) is 93.0 Å². The van der Waals surface area contributed by atoms with Crippen LogP contribution in [0.25, 0.3) is 0 Å². The molecule has 1 fully saturated rings. The van der Waals surface area contributed by atoms with Crippen LogP contribution in [0.15, 0.2) is 11.0 Å². The van der Waals surface area contributed by atoms with E-state index in [9.17, 15) is 8.42 Å². The van der Waals surface area contributed by atoms with Gasteiger partial charge in [0.15, 0.2) is 0 Å². The highest BCUT2D eigenvalue weighted by atomic mass is 32.2. The largest absolute Gasteiger partial charge is 0.357 e. The van der Waals surface area contributed by atoms with Crippen LogP contribution in [0.2, 0.25) is 0 Å². The van der Waals surface area contributed by atoms with Gasteiger partial charge in [-0.3, -0.25) is 4.68 Å². The number of nitrogens with one attached hydrogen (secondary N) is 1. The fourth-order valence-electron chi connectivity index (χ4n) is 3.17. The Balaban J connectivity index is 1.81. The van der Waals surface area contributed by atoms with Crippen LogP contribution < -0.4 is 9.62 Å². The summed E-state index contributed by atoms with van der Waals surface area (Å²) in [4.78, 5) is 11.3. The van der Waals surface area contributed by atoms with Crippen LogP contribution >= 0.6 is 0 Å². The number of hydrogen-bond donors (Lipinski definition) is 1. The summed E-state index contributed by atoms with van der Waals surface area (Å²) in [6.07, 6.45) is 2.31. The quantitative estimate of drug-likeness (QED) is 0.857. The minimum Gasteiger partial charge on any atom is -0.357 e. The first-order valence-corrected chi connectivity index (χ1v) is 9.85. The summed E-state index contributed by atoms with van der Waals surface area (Å²) in [5, 5.41) is 4.17. The molecule has 1 aliphatic rings. The van der Waals surface area contributed by atoms with Crippen LogP contribution in [0, 0.1) is 20.8 Å². The van der Waals surface area contributed by atoms with E-state index in [0.29, 0.717) is 17.2 Å². The maximum absolute atomic E-state index is 12.7. The second kappa shape index (κ2) is 6.72. The molecule has 25 heavy (non-hydrogen) atoms. The first-order valence-electron chi connectivity index (χ1n) is 8.37. The fourth-order valence-corrected chi connectivity index (χ4v) is 4.59. The molecule has 0 amide bonds. The van der Waals surface area contributed by atoms with Crippen molar-refractivity contribution in [3.05, 3.63) is 29.0 Å². The number of rotatable bonds is 5. The Bertz CT molecular complexity index is 884. The first-order chi connectivity index (χ1) is 11.8. The summed E-state index contributed by atoms with van der Waals surface area (Å²) in [6.45, 7) is 7.35. The Morgan fingerprint density at radius 3 is 2.44 bits per heavy atom. The third-order valence-electron chi connectivity index (χ3n) is 4.45. The van der Waals surface area contributed by atoms with E-state index in [1.54, 1.807) is 25.6 Å². The molecule has 3 rings (SSSR count). The van der Waals surface area contributed by atoms with E-state index in [1.807, 2.05) is 13.0 Å². The normalized spacial score (nSPS) is 15.1. The molecule has 0 radical (unpaired) electrons. The average Bonchev–Trinajstić information content (AvgIpc) is 3.14. The van der Waals surface area contributed by atoms with Gasteiger partial charge in [0, 0.05) is 31.9 Å². The van der Waals surface area contributed by atoms with E-state index in [-0.39, 0.29) is 11.4 Å². The van der Waals surface area contributed by atoms with E-state index in [1.165, 1.54) is 0 Å². The van der Waals surface area contributed by atoms with Crippen molar-refractivity contribution in [2.45, 2.75) is 45.1 Å². The fraction of sp³-hybridized carbons (Fsp3) is 0.562. The molecule has 0 unspecified atom stereocenters. The number of aromatic nitrogens is 4. The van der Waals surface area contributed by atoms with Gasteiger partial charge in [-0.05, 0) is 33.6 Å². The molecule has 1 N–H and O–H groups in total. The minimum absolute atomic E-state index is 0.0542. The van der Waals surface area contributed by atoms with Crippen molar-refractivity contribution in [1.82, 2.24) is 24.5 Å². The summed E-state index contributed by atoms with van der Waals surface area (Å²) in [5.74, 6) is 1.35. The van der Waals surface area contributed by atoms with Gasteiger partial charge < -0.3 is 4.90 Å². The van der Waals surface area contributed by atoms with Gasteiger partial charge in [0.2, 0.25) is 10.0 Å². The Morgan fingerprint density at radius 2 is 1.84 bits per heavy atom. The summed E-state index contributed by atoms with van der Waals surface area (Å²) in [6, 6.07) is 1.94. The van der Waals surface area contributed by atoms with Crippen LogP contribution in [-0.4, -0.2) is 41.3 Å². The predicted octanol–water partition coefficient (Wildman–Crippen LogP) is 1.21. The Morgan fingerprint density at radius 1 is 1.16 bits per heavy atom. The lowest BCUT2D eigenvalue weighted by Gasteiger charge is -2.17. The SMILES string of the molecule is Cc1cc(N2CCCC2)nc(CNS(=O)(=O)c2c(C)nn(C)c2C)n1. The minimum atomic E-state index is -3.67. The van der Waals surface area contributed by atoms with Gasteiger partial charge in [-0.1, -0.05) is 0 Å². The van der Waals surface area contributed by atoms with Gasteiger partial charge in [-0.25, -0.2) is 23.1 Å².